The first-order chi connectivity index (χ1) is 54.5. The molecule has 0 amide bonds. The Balaban J connectivity index is 0.595. The molecule has 0 aliphatic heterocycles. The summed E-state index contributed by atoms with van der Waals surface area (Å²) in [6, 6.07) is 97.3. The lowest BCUT2D eigenvalue weighted by atomic mass is 10.0. The minimum absolute atomic E-state index is 0.538. The van der Waals surface area contributed by atoms with E-state index in [9.17, 15) is 0 Å². The molecule has 29 rings (SSSR count). The van der Waals surface area contributed by atoms with E-state index >= 15 is 0 Å². The minimum atomic E-state index is 0.538. The molecule has 0 unspecified atom stereocenters. The molecule has 0 bridgehead atoms. The summed E-state index contributed by atoms with van der Waals surface area (Å²) in [6.07, 6.45) is 0. The number of thiophene rings is 3. The van der Waals surface area contributed by atoms with Gasteiger partial charge in [0.15, 0.2) is 23.3 Å². The molecule has 15 aromatic carbocycles. The van der Waals surface area contributed by atoms with Crippen molar-refractivity contribution < 1.29 is 4.42 Å². The molecule has 14 aromatic heterocycles. The molecule has 0 aliphatic carbocycles. The molecular weight excluding hydrogens is 1410 g/mol. The number of rotatable bonds is 8. The summed E-state index contributed by atoms with van der Waals surface area (Å²) in [5.74, 6) is 3.39. The highest BCUT2D eigenvalue weighted by Crippen LogP contribution is 2.56. The van der Waals surface area contributed by atoms with Crippen LogP contribution < -0.4 is 0 Å². The predicted molar refractivity (Wildman–Crippen MR) is 457 cm³/mol. The van der Waals surface area contributed by atoms with Gasteiger partial charge in [-0.25, -0.2) is 9.97 Å². The topological polar surface area (TPSA) is 109 Å². The van der Waals surface area contributed by atoms with Crippen molar-refractivity contribution in [1.82, 2.24) is 47.8 Å². The lowest BCUT2D eigenvalue weighted by molar-refractivity contribution is 0.669. The summed E-state index contributed by atoms with van der Waals surface area (Å²) in [6.45, 7) is 0. The maximum Gasteiger partial charge on any atom is 0.238 e. The molecule has 0 aliphatic rings. The third-order valence-electron chi connectivity index (χ3n) is 24.6. The first-order valence-electron chi connectivity index (χ1n) is 37.0. The highest BCUT2D eigenvalue weighted by atomic mass is 32.1. The number of aromatic nitrogens is 10. The summed E-state index contributed by atoms with van der Waals surface area (Å²) in [5, 5.41) is 24.8. The maximum atomic E-state index is 7.05. The fourth-order valence-corrected chi connectivity index (χ4v) is 23.4. The zero-order chi connectivity index (χ0) is 70.5. The van der Waals surface area contributed by atoms with Crippen LogP contribution in [0, 0.1) is 0 Å². The predicted octanol–water partition coefficient (Wildman–Crippen LogP) is 26.2. The smallest absolute Gasteiger partial charge is 0.238 e. The van der Waals surface area contributed by atoms with Gasteiger partial charge >= 0.3 is 0 Å². The van der Waals surface area contributed by atoms with Gasteiger partial charge in [0.2, 0.25) is 11.9 Å². The quantitative estimate of drug-likeness (QED) is 0.149. The van der Waals surface area contributed by atoms with Crippen molar-refractivity contribution in [2.24, 2.45) is 0 Å². The van der Waals surface area contributed by atoms with E-state index in [-0.39, 0.29) is 0 Å². The molecule has 110 heavy (non-hydrogen) atoms. The van der Waals surface area contributed by atoms with Gasteiger partial charge in [0.1, 0.15) is 11.2 Å². The Labute approximate surface area is 630 Å². The van der Waals surface area contributed by atoms with Crippen LogP contribution in [0.5, 0.6) is 0 Å². The number of para-hydroxylation sites is 2. The van der Waals surface area contributed by atoms with Crippen molar-refractivity contribution in [3.05, 3.63) is 267 Å². The van der Waals surface area contributed by atoms with Crippen molar-refractivity contribution in [1.29, 1.82) is 0 Å². The first-order valence-corrected chi connectivity index (χ1v) is 39.5. The Hall–Kier alpha value is -14.0. The van der Waals surface area contributed by atoms with E-state index in [2.05, 4.69) is 285 Å². The molecule has 0 N–H and O–H groups in total. The summed E-state index contributed by atoms with van der Waals surface area (Å²) in [7, 11) is 0. The fourth-order valence-electron chi connectivity index (χ4n) is 20.1. The standard InChI is InChI=1S/C96H44N10OS3/c1-2-10-45(11-3-1)46-12-6-14-49(40-46)91-97-93(101-95(99-91)103-65-34-38-72-81-77(65)79-67(103)32-28-61-57-17-8-19-59-63-30-36-74(109-72)83(81)89(63)105(85(57)59)87(61)79)51-23-26-54-53-25-22-48(42-69(53)107-70(54)43-51)47-13-7-15-50(41-47)92-98-94(52-24-27-56-55-16-4-5-21-71(55)108-76(56)44-52)102-96(100-92)104-66-35-39-73-82-78(66)80-68(104)33-29-62-58-18-9-20-60-64-31-37-75(110-73)84(82)90(64)106(86(58)60)88(62)80/h1-44H. The molecule has 29 aromatic rings. The molecule has 0 saturated carbocycles. The van der Waals surface area contributed by atoms with Crippen LogP contribution in [0.2, 0.25) is 0 Å². The second kappa shape index (κ2) is 19.4. The largest absolute Gasteiger partial charge is 0.456 e. The van der Waals surface area contributed by atoms with E-state index < -0.39 is 0 Å². The zero-order valence-corrected chi connectivity index (χ0v) is 60.0. The van der Waals surface area contributed by atoms with Crippen LogP contribution in [0.3, 0.4) is 0 Å². The van der Waals surface area contributed by atoms with E-state index in [0.717, 1.165) is 88.5 Å². The van der Waals surface area contributed by atoms with Gasteiger partial charge in [-0.05, 0) is 119 Å². The number of furan rings is 1. The van der Waals surface area contributed by atoms with E-state index in [1.807, 2.05) is 22.7 Å². The van der Waals surface area contributed by atoms with Gasteiger partial charge in [-0.3, -0.25) is 9.13 Å². The normalized spacial score (nSPS) is 13.1. The average molecular weight is 1450 g/mol. The van der Waals surface area contributed by atoms with Crippen LogP contribution in [0.25, 0.3) is 282 Å². The van der Waals surface area contributed by atoms with E-state index in [4.69, 9.17) is 34.3 Å². The highest BCUT2D eigenvalue weighted by Gasteiger charge is 2.33. The number of nitrogens with zero attached hydrogens (tertiary/aromatic N) is 10. The van der Waals surface area contributed by atoms with E-state index in [1.165, 1.54) is 158 Å². The third-order valence-corrected chi connectivity index (χ3v) is 27.9. The number of hydrogen-bond donors (Lipinski definition) is 0. The van der Waals surface area contributed by atoms with Crippen LogP contribution in [-0.4, -0.2) is 47.8 Å². The Morgan fingerprint density at radius 2 is 0.555 bits per heavy atom. The lowest BCUT2D eigenvalue weighted by Gasteiger charge is -2.12. The second-order valence-electron chi connectivity index (χ2n) is 29.9. The van der Waals surface area contributed by atoms with Gasteiger partial charge < -0.3 is 13.2 Å². The average Bonchev–Trinajstić information content (AvgIpc) is 1.50. The summed E-state index contributed by atoms with van der Waals surface area (Å²) >= 11 is 5.55. The fraction of sp³-hybridized carbons (Fsp3) is 0. The molecule has 14 heteroatoms. The number of hydrogen-bond acceptors (Lipinski definition) is 10. The Morgan fingerprint density at radius 1 is 0.209 bits per heavy atom. The summed E-state index contributed by atoms with van der Waals surface area (Å²) < 4.78 is 24.4. The van der Waals surface area contributed by atoms with E-state index in [0.29, 0.717) is 35.2 Å². The van der Waals surface area contributed by atoms with Crippen molar-refractivity contribution in [2.75, 3.05) is 0 Å². The summed E-state index contributed by atoms with van der Waals surface area (Å²) in [4.78, 5) is 33.3. The Morgan fingerprint density at radius 3 is 1.11 bits per heavy atom. The van der Waals surface area contributed by atoms with Gasteiger partial charge in [-0.15, -0.1) is 34.0 Å². The van der Waals surface area contributed by atoms with Gasteiger partial charge in [-0.2, -0.15) is 19.9 Å². The second-order valence-corrected chi connectivity index (χ2v) is 33.2. The molecule has 0 atom stereocenters. The van der Waals surface area contributed by atoms with Crippen molar-refractivity contribution in [3.8, 4) is 79.7 Å². The van der Waals surface area contributed by atoms with Crippen LogP contribution in [0.1, 0.15) is 0 Å². The van der Waals surface area contributed by atoms with Gasteiger partial charge in [0.25, 0.3) is 0 Å². The molecule has 11 nitrogen and oxygen atoms in total. The highest BCUT2D eigenvalue weighted by molar-refractivity contribution is 7.27. The number of fused-ring (bicyclic) bond motifs is 10. The van der Waals surface area contributed by atoms with Crippen LogP contribution in [-0.2, 0) is 0 Å². The molecule has 0 fully saturated rings. The van der Waals surface area contributed by atoms with Gasteiger partial charge in [0, 0.05) is 158 Å². The molecule has 0 spiro atoms. The number of benzene rings is 15. The van der Waals surface area contributed by atoms with Crippen molar-refractivity contribution >= 4 is 236 Å². The maximum absolute atomic E-state index is 7.05. The van der Waals surface area contributed by atoms with Crippen LogP contribution in [0.4, 0.5) is 0 Å². The van der Waals surface area contributed by atoms with Crippen molar-refractivity contribution in [2.45, 2.75) is 0 Å². The Bertz CT molecular complexity index is 9070. The third kappa shape index (κ3) is 6.79. The Kier molecular flexibility index (Phi) is 9.93. The first kappa shape index (κ1) is 56.3. The molecule has 14 heterocycles. The van der Waals surface area contributed by atoms with Gasteiger partial charge in [-0.1, -0.05) is 170 Å². The van der Waals surface area contributed by atoms with Crippen molar-refractivity contribution in [3.63, 3.8) is 0 Å². The molecule has 0 radical (unpaired) electrons. The lowest BCUT2D eigenvalue weighted by Crippen LogP contribution is -2.06. The van der Waals surface area contributed by atoms with Gasteiger partial charge in [0.05, 0.1) is 55.2 Å². The van der Waals surface area contributed by atoms with E-state index in [1.54, 1.807) is 11.3 Å². The SMILES string of the molecule is c1ccc(-c2cccc(-c3nc(-c4ccc5c(c4)oc4cc(-c6cccc(-c7nc(-c8ccc9c(c8)sc8ccccc89)nc(-n8c9ccc%10sc%11ccc%12c%13cccc%14c%15ccc8c8c9c%10c%11c%12n(c%13%14)c%158)n7)c6)ccc45)nc(-n4c5ccc6sc7ccc8c9cccc%10c%11ccc4c4c5c6c7c8n(c9%10)c%114)n3)c2)cc1. The van der Waals surface area contributed by atoms with Crippen LogP contribution in [0.15, 0.2) is 271 Å². The molecular formula is C96H44N10OS3. The molecule has 502 valence electrons. The monoisotopic (exact) mass is 1450 g/mol. The van der Waals surface area contributed by atoms with Crippen LogP contribution >= 0.6 is 34.0 Å². The minimum Gasteiger partial charge on any atom is -0.456 e. The zero-order valence-electron chi connectivity index (χ0n) is 57.5. The molecule has 0 saturated heterocycles. The summed E-state index contributed by atoms with van der Waals surface area (Å²) in [5.41, 5.74) is 21.0.